The third-order valence-corrected chi connectivity index (χ3v) is 2.47. The summed E-state index contributed by atoms with van der Waals surface area (Å²) in [5.41, 5.74) is 5.07. The van der Waals surface area contributed by atoms with E-state index in [0.717, 1.165) is 5.75 Å². The standard InChI is InChI=1S/C9H20N2O2S/c1-9(2,6-12)11-8(13)7(10)4-5-14-3/h7,12H,4-6,10H2,1-3H3,(H,11,13)/t7-/m1/s1. The first-order valence-electron chi connectivity index (χ1n) is 4.60. The second kappa shape index (κ2) is 6.27. The molecular formula is C9H20N2O2S. The number of hydrogen-bond donors (Lipinski definition) is 3. The predicted molar refractivity (Wildman–Crippen MR) is 60.3 cm³/mol. The normalized spacial score (nSPS) is 13.8. The van der Waals surface area contributed by atoms with Gasteiger partial charge >= 0.3 is 0 Å². The molecule has 1 atom stereocenters. The summed E-state index contributed by atoms with van der Waals surface area (Å²) >= 11 is 1.66. The Balaban J connectivity index is 3.95. The summed E-state index contributed by atoms with van der Waals surface area (Å²) in [6.45, 7) is 3.42. The highest BCUT2D eigenvalue weighted by molar-refractivity contribution is 7.98. The van der Waals surface area contributed by atoms with E-state index in [-0.39, 0.29) is 12.5 Å². The Bertz CT molecular complexity index is 186. The Hall–Kier alpha value is -0.260. The van der Waals surface area contributed by atoms with E-state index < -0.39 is 11.6 Å². The van der Waals surface area contributed by atoms with Crippen molar-refractivity contribution in [2.24, 2.45) is 5.73 Å². The summed E-state index contributed by atoms with van der Waals surface area (Å²) in [4.78, 5) is 11.5. The molecule has 0 radical (unpaired) electrons. The monoisotopic (exact) mass is 220 g/mol. The molecule has 1 amide bonds. The summed E-state index contributed by atoms with van der Waals surface area (Å²) < 4.78 is 0. The number of nitrogens with one attached hydrogen (secondary N) is 1. The molecule has 0 spiro atoms. The maximum Gasteiger partial charge on any atom is 0.237 e. The topological polar surface area (TPSA) is 75.4 Å². The van der Waals surface area contributed by atoms with Crippen molar-refractivity contribution in [3.63, 3.8) is 0 Å². The summed E-state index contributed by atoms with van der Waals surface area (Å²) in [6, 6.07) is -0.478. The molecule has 0 aliphatic heterocycles. The number of hydrogen-bond acceptors (Lipinski definition) is 4. The molecule has 0 aromatic rings. The summed E-state index contributed by atoms with van der Waals surface area (Å²) in [5.74, 6) is 0.673. The lowest BCUT2D eigenvalue weighted by atomic mass is 10.1. The largest absolute Gasteiger partial charge is 0.394 e. The van der Waals surface area contributed by atoms with Gasteiger partial charge in [0, 0.05) is 0 Å². The van der Waals surface area contributed by atoms with E-state index in [9.17, 15) is 4.79 Å². The second-order valence-corrected chi connectivity index (χ2v) is 4.90. The molecule has 0 saturated carbocycles. The minimum Gasteiger partial charge on any atom is -0.394 e. The number of nitrogens with two attached hydrogens (primary N) is 1. The summed E-state index contributed by atoms with van der Waals surface area (Å²) in [7, 11) is 0. The molecule has 0 fully saturated rings. The van der Waals surface area contributed by atoms with Crippen LogP contribution in [-0.4, -0.2) is 41.2 Å². The third-order valence-electron chi connectivity index (χ3n) is 1.83. The van der Waals surface area contributed by atoms with Gasteiger partial charge in [0.1, 0.15) is 0 Å². The number of carbonyl (C=O) groups is 1. The Morgan fingerprint density at radius 1 is 1.64 bits per heavy atom. The number of aliphatic hydroxyl groups excluding tert-OH is 1. The molecule has 0 unspecified atom stereocenters. The number of carbonyl (C=O) groups excluding carboxylic acids is 1. The van der Waals surface area contributed by atoms with Gasteiger partial charge in [-0.1, -0.05) is 0 Å². The Labute approximate surface area is 89.6 Å². The Morgan fingerprint density at radius 3 is 2.64 bits per heavy atom. The molecule has 5 heteroatoms. The van der Waals surface area contributed by atoms with Crippen LogP contribution in [0.25, 0.3) is 0 Å². The van der Waals surface area contributed by atoms with Crippen molar-refractivity contribution in [1.82, 2.24) is 5.32 Å². The molecule has 0 saturated heterocycles. The van der Waals surface area contributed by atoms with Gasteiger partial charge in [-0.15, -0.1) is 0 Å². The molecule has 84 valence electrons. The first-order valence-corrected chi connectivity index (χ1v) is 5.99. The average Bonchev–Trinajstić information content (AvgIpc) is 2.13. The molecule has 0 bridgehead atoms. The zero-order chi connectivity index (χ0) is 11.2. The SMILES string of the molecule is CSCC[C@@H](N)C(=O)NC(C)(C)CO. The fourth-order valence-corrected chi connectivity index (χ4v) is 1.33. The first kappa shape index (κ1) is 13.7. The van der Waals surface area contributed by atoms with E-state index in [0.29, 0.717) is 6.42 Å². The zero-order valence-electron chi connectivity index (χ0n) is 9.04. The van der Waals surface area contributed by atoms with Crippen LogP contribution in [0.4, 0.5) is 0 Å². The molecule has 0 aliphatic rings. The predicted octanol–water partition coefficient (Wildman–Crippen LogP) is -0.0461. The lowest BCUT2D eigenvalue weighted by Gasteiger charge is -2.25. The maximum atomic E-state index is 11.5. The molecule has 4 nitrogen and oxygen atoms in total. The van der Waals surface area contributed by atoms with Gasteiger partial charge in [-0.3, -0.25) is 4.79 Å². The molecule has 0 heterocycles. The van der Waals surface area contributed by atoms with E-state index in [2.05, 4.69) is 5.32 Å². The lowest BCUT2D eigenvalue weighted by Crippen LogP contribution is -2.52. The minimum absolute atomic E-state index is 0.0893. The van der Waals surface area contributed by atoms with Gasteiger partial charge in [-0.2, -0.15) is 11.8 Å². The second-order valence-electron chi connectivity index (χ2n) is 3.92. The minimum atomic E-state index is -0.589. The average molecular weight is 220 g/mol. The number of amides is 1. The van der Waals surface area contributed by atoms with Crippen molar-refractivity contribution in [3.8, 4) is 0 Å². The molecule has 14 heavy (non-hydrogen) atoms. The molecule has 0 aromatic carbocycles. The smallest absolute Gasteiger partial charge is 0.237 e. The quantitative estimate of drug-likeness (QED) is 0.587. The van der Waals surface area contributed by atoms with Crippen molar-refractivity contribution in [1.29, 1.82) is 0 Å². The van der Waals surface area contributed by atoms with Crippen LogP contribution >= 0.6 is 11.8 Å². The summed E-state index contributed by atoms with van der Waals surface area (Å²) in [6.07, 6.45) is 2.64. The van der Waals surface area contributed by atoms with Crippen LogP contribution in [0.1, 0.15) is 20.3 Å². The van der Waals surface area contributed by atoms with Crippen molar-refractivity contribution >= 4 is 17.7 Å². The van der Waals surface area contributed by atoms with E-state index in [1.807, 2.05) is 6.26 Å². The van der Waals surface area contributed by atoms with Crippen LogP contribution in [0.5, 0.6) is 0 Å². The fourth-order valence-electron chi connectivity index (χ4n) is 0.842. The van der Waals surface area contributed by atoms with Gasteiger partial charge in [0.2, 0.25) is 5.91 Å². The molecular weight excluding hydrogens is 200 g/mol. The van der Waals surface area contributed by atoms with Gasteiger partial charge in [0.25, 0.3) is 0 Å². The van der Waals surface area contributed by atoms with Gasteiger partial charge in [0.05, 0.1) is 18.2 Å². The van der Waals surface area contributed by atoms with Crippen LogP contribution in [0, 0.1) is 0 Å². The molecule has 4 N–H and O–H groups in total. The lowest BCUT2D eigenvalue weighted by molar-refractivity contribution is -0.124. The highest BCUT2D eigenvalue weighted by Crippen LogP contribution is 2.03. The fraction of sp³-hybridized carbons (Fsp3) is 0.889. The Morgan fingerprint density at radius 2 is 2.21 bits per heavy atom. The van der Waals surface area contributed by atoms with E-state index in [1.54, 1.807) is 25.6 Å². The third kappa shape index (κ3) is 5.47. The van der Waals surface area contributed by atoms with Crippen molar-refractivity contribution in [2.45, 2.75) is 31.8 Å². The number of thioether (sulfide) groups is 1. The van der Waals surface area contributed by atoms with Crippen molar-refractivity contribution in [2.75, 3.05) is 18.6 Å². The van der Waals surface area contributed by atoms with E-state index in [1.165, 1.54) is 0 Å². The Kier molecular flexibility index (Phi) is 6.15. The highest BCUT2D eigenvalue weighted by Gasteiger charge is 2.22. The highest BCUT2D eigenvalue weighted by atomic mass is 32.2. The van der Waals surface area contributed by atoms with Crippen LogP contribution in [0.15, 0.2) is 0 Å². The molecule has 0 rings (SSSR count). The summed E-state index contributed by atoms with van der Waals surface area (Å²) in [5, 5.41) is 11.6. The van der Waals surface area contributed by atoms with Crippen LogP contribution in [-0.2, 0) is 4.79 Å². The van der Waals surface area contributed by atoms with Gasteiger partial charge in [-0.05, 0) is 32.3 Å². The van der Waals surface area contributed by atoms with Gasteiger partial charge < -0.3 is 16.2 Å². The maximum absolute atomic E-state index is 11.5. The first-order chi connectivity index (χ1) is 6.43. The van der Waals surface area contributed by atoms with Crippen LogP contribution in [0.2, 0.25) is 0 Å². The van der Waals surface area contributed by atoms with Crippen molar-refractivity contribution in [3.05, 3.63) is 0 Å². The zero-order valence-corrected chi connectivity index (χ0v) is 9.86. The molecule has 0 aromatic heterocycles. The van der Waals surface area contributed by atoms with Crippen LogP contribution < -0.4 is 11.1 Å². The van der Waals surface area contributed by atoms with E-state index >= 15 is 0 Å². The number of rotatable bonds is 6. The van der Waals surface area contributed by atoms with Crippen LogP contribution in [0.3, 0.4) is 0 Å². The van der Waals surface area contributed by atoms with E-state index in [4.69, 9.17) is 10.8 Å². The number of aliphatic hydroxyl groups is 1. The van der Waals surface area contributed by atoms with Gasteiger partial charge in [-0.25, -0.2) is 0 Å². The van der Waals surface area contributed by atoms with Gasteiger partial charge in [0.15, 0.2) is 0 Å². The molecule has 0 aliphatic carbocycles. The van der Waals surface area contributed by atoms with Crippen molar-refractivity contribution < 1.29 is 9.90 Å².